The summed E-state index contributed by atoms with van der Waals surface area (Å²) >= 11 is 0. The number of hydrogen-bond donors (Lipinski definition) is 2. The molecule has 1 aliphatic rings. The quantitative estimate of drug-likeness (QED) is 0.745. The lowest BCUT2D eigenvalue weighted by Gasteiger charge is -2.37. The molecule has 0 radical (unpaired) electrons. The van der Waals surface area contributed by atoms with Crippen LogP contribution in [0.2, 0.25) is 0 Å². The van der Waals surface area contributed by atoms with Gasteiger partial charge in [0.2, 0.25) is 5.91 Å². The van der Waals surface area contributed by atoms with Crippen molar-refractivity contribution < 1.29 is 9.90 Å². The third-order valence-electron chi connectivity index (χ3n) is 4.88. The van der Waals surface area contributed by atoms with Crippen molar-refractivity contribution in [2.24, 2.45) is 11.3 Å². The average Bonchev–Trinajstić information content (AvgIpc) is 2.85. The van der Waals surface area contributed by atoms with Crippen LogP contribution in [0.25, 0.3) is 0 Å². The Morgan fingerprint density at radius 3 is 2.16 bits per heavy atom. The molecular weight excluding hydrogens is 238 g/mol. The molecule has 1 fully saturated rings. The summed E-state index contributed by atoms with van der Waals surface area (Å²) in [5, 5.41) is 12.8. The normalized spacial score (nSPS) is 18.8. The van der Waals surface area contributed by atoms with Crippen molar-refractivity contribution in [2.45, 2.75) is 78.2 Å². The van der Waals surface area contributed by atoms with Crippen LogP contribution in [0.4, 0.5) is 0 Å². The summed E-state index contributed by atoms with van der Waals surface area (Å²) in [5.74, 6) is 0.715. The van der Waals surface area contributed by atoms with Gasteiger partial charge >= 0.3 is 0 Å². The summed E-state index contributed by atoms with van der Waals surface area (Å²) < 4.78 is 0. The first-order chi connectivity index (χ1) is 8.93. The third-order valence-corrected chi connectivity index (χ3v) is 4.88. The van der Waals surface area contributed by atoms with Gasteiger partial charge in [0.1, 0.15) is 0 Å². The summed E-state index contributed by atoms with van der Waals surface area (Å²) in [5.41, 5.74) is -0.609. The molecule has 19 heavy (non-hydrogen) atoms. The zero-order chi connectivity index (χ0) is 14.5. The monoisotopic (exact) mass is 269 g/mol. The van der Waals surface area contributed by atoms with Gasteiger partial charge in [-0.3, -0.25) is 4.79 Å². The number of carbonyl (C=O) groups excluding carboxylic acids is 1. The molecule has 1 saturated carbocycles. The first-order valence-corrected chi connectivity index (χ1v) is 7.87. The molecule has 0 unspecified atom stereocenters. The lowest BCUT2D eigenvalue weighted by molar-refractivity contribution is -0.134. The Balaban J connectivity index is 2.83. The van der Waals surface area contributed by atoms with E-state index in [1.165, 1.54) is 0 Å². The Hall–Kier alpha value is -0.570. The van der Waals surface area contributed by atoms with Crippen LogP contribution in [-0.2, 0) is 4.79 Å². The summed E-state index contributed by atoms with van der Waals surface area (Å²) in [4.78, 5) is 12.8. The molecule has 0 aliphatic heterocycles. The van der Waals surface area contributed by atoms with Gasteiger partial charge in [-0.1, -0.05) is 40.5 Å². The molecule has 3 heteroatoms. The van der Waals surface area contributed by atoms with Gasteiger partial charge in [-0.05, 0) is 38.0 Å². The Labute approximate surface area is 118 Å². The highest BCUT2D eigenvalue weighted by Crippen LogP contribution is 2.43. The Morgan fingerprint density at radius 2 is 1.79 bits per heavy atom. The molecule has 1 rings (SSSR count). The van der Waals surface area contributed by atoms with E-state index >= 15 is 0 Å². The minimum Gasteiger partial charge on any atom is -0.394 e. The van der Waals surface area contributed by atoms with Gasteiger partial charge in [-0.2, -0.15) is 0 Å². The molecule has 0 saturated heterocycles. The summed E-state index contributed by atoms with van der Waals surface area (Å²) in [6.45, 7) is 8.47. The molecule has 0 bridgehead atoms. The maximum Gasteiger partial charge on any atom is 0.226 e. The molecule has 2 N–H and O–H groups in total. The van der Waals surface area contributed by atoms with Gasteiger partial charge in [-0.25, -0.2) is 0 Å². The molecule has 1 aliphatic carbocycles. The second-order valence-electron chi connectivity index (χ2n) is 6.69. The van der Waals surface area contributed by atoms with E-state index in [2.05, 4.69) is 19.2 Å². The Kier molecular flexibility index (Phi) is 5.84. The van der Waals surface area contributed by atoms with Crippen LogP contribution in [0, 0.1) is 11.3 Å². The number of aliphatic hydroxyl groups is 1. The standard InChI is InChI=1S/C16H31NO2/c1-5-16(6-2,12-18)17-14(19)15(11-13(3)4)9-7-8-10-15/h13,18H,5-12H2,1-4H3,(H,17,19). The third kappa shape index (κ3) is 3.71. The van der Waals surface area contributed by atoms with Crippen molar-refractivity contribution in [3.05, 3.63) is 0 Å². The fourth-order valence-electron chi connectivity index (χ4n) is 3.42. The minimum atomic E-state index is -0.427. The number of carbonyl (C=O) groups is 1. The molecule has 3 nitrogen and oxygen atoms in total. The molecule has 0 aromatic heterocycles. The maximum atomic E-state index is 12.8. The van der Waals surface area contributed by atoms with Crippen molar-refractivity contribution in [1.82, 2.24) is 5.32 Å². The van der Waals surface area contributed by atoms with Gasteiger partial charge in [0.05, 0.1) is 12.1 Å². The SMILES string of the molecule is CCC(CC)(CO)NC(=O)C1(CC(C)C)CCCC1. The van der Waals surface area contributed by atoms with Crippen molar-refractivity contribution in [3.8, 4) is 0 Å². The predicted molar refractivity (Wildman–Crippen MR) is 78.9 cm³/mol. The molecule has 0 spiro atoms. The van der Waals surface area contributed by atoms with Crippen LogP contribution >= 0.6 is 0 Å². The Bertz CT molecular complexity index is 281. The number of nitrogens with one attached hydrogen (secondary N) is 1. The fourth-order valence-corrected chi connectivity index (χ4v) is 3.42. The zero-order valence-electron chi connectivity index (χ0n) is 13.1. The summed E-state index contributed by atoms with van der Waals surface area (Å²) in [7, 11) is 0. The van der Waals surface area contributed by atoms with E-state index in [9.17, 15) is 9.90 Å². The molecule has 112 valence electrons. The topological polar surface area (TPSA) is 49.3 Å². The summed E-state index contributed by atoms with van der Waals surface area (Å²) in [6, 6.07) is 0. The van der Waals surface area contributed by atoms with Gasteiger partial charge in [0, 0.05) is 5.41 Å². The van der Waals surface area contributed by atoms with E-state index in [0.29, 0.717) is 5.92 Å². The smallest absolute Gasteiger partial charge is 0.226 e. The van der Waals surface area contributed by atoms with E-state index in [1.807, 2.05) is 13.8 Å². The molecule has 0 aromatic carbocycles. The average molecular weight is 269 g/mol. The fraction of sp³-hybridized carbons (Fsp3) is 0.938. The van der Waals surface area contributed by atoms with E-state index < -0.39 is 5.54 Å². The van der Waals surface area contributed by atoms with Crippen LogP contribution < -0.4 is 5.32 Å². The van der Waals surface area contributed by atoms with Crippen LogP contribution in [-0.4, -0.2) is 23.2 Å². The zero-order valence-corrected chi connectivity index (χ0v) is 13.1. The van der Waals surface area contributed by atoms with Crippen molar-refractivity contribution in [1.29, 1.82) is 0 Å². The minimum absolute atomic E-state index is 0.0312. The highest BCUT2D eigenvalue weighted by molar-refractivity contribution is 5.83. The number of rotatable bonds is 7. The van der Waals surface area contributed by atoms with Gasteiger partial charge in [-0.15, -0.1) is 0 Å². The first-order valence-electron chi connectivity index (χ1n) is 7.87. The van der Waals surface area contributed by atoms with Crippen LogP contribution in [0.15, 0.2) is 0 Å². The molecule has 0 heterocycles. The van der Waals surface area contributed by atoms with Crippen LogP contribution in [0.3, 0.4) is 0 Å². The lowest BCUT2D eigenvalue weighted by atomic mass is 9.76. The highest BCUT2D eigenvalue weighted by atomic mass is 16.3. The first kappa shape index (κ1) is 16.5. The second kappa shape index (κ2) is 6.74. The van der Waals surface area contributed by atoms with Gasteiger partial charge in [0.15, 0.2) is 0 Å². The van der Waals surface area contributed by atoms with Crippen molar-refractivity contribution in [3.63, 3.8) is 0 Å². The van der Waals surface area contributed by atoms with E-state index in [1.54, 1.807) is 0 Å². The van der Waals surface area contributed by atoms with Crippen LogP contribution in [0.1, 0.15) is 72.6 Å². The Morgan fingerprint density at radius 1 is 1.26 bits per heavy atom. The highest BCUT2D eigenvalue weighted by Gasteiger charge is 2.43. The van der Waals surface area contributed by atoms with E-state index in [4.69, 9.17) is 0 Å². The lowest BCUT2D eigenvalue weighted by Crippen LogP contribution is -2.55. The largest absolute Gasteiger partial charge is 0.394 e. The van der Waals surface area contributed by atoms with Crippen molar-refractivity contribution in [2.75, 3.05) is 6.61 Å². The van der Waals surface area contributed by atoms with E-state index in [-0.39, 0.29) is 17.9 Å². The second-order valence-corrected chi connectivity index (χ2v) is 6.69. The van der Waals surface area contributed by atoms with Crippen LogP contribution in [0.5, 0.6) is 0 Å². The van der Waals surface area contributed by atoms with Crippen molar-refractivity contribution >= 4 is 5.91 Å². The number of aliphatic hydroxyl groups excluding tert-OH is 1. The molecule has 1 amide bonds. The predicted octanol–water partition coefficient (Wildman–Crippen LogP) is 3.26. The molecule has 0 aromatic rings. The van der Waals surface area contributed by atoms with Gasteiger partial charge in [0.25, 0.3) is 0 Å². The number of hydrogen-bond acceptors (Lipinski definition) is 2. The summed E-state index contributed by atoms with van der Waals surface area (Å²) in [6.07, 6.45) is 6.85. The van der Waals surface area contributed by atoms with Gasteiger partial charge < -0.3 is 10.4 Å². The molecule has 0 atom stereocenters. The maximum absolute atomic E-state index is 12.8. The molecular formula is C16H31NO2. The number of amides is 1. The van der Waals surface area contributed by atoms with E-state index in [0.717, 1.165) is 44.9 Å².